The molecule has 1 unspecified atom stereocenters. The van der Waals surface area contributed by atoms with Crippen molar-refractivity contribution in [1.82, 2.24) is 15.2 Å². The van der Waals surface area contributed by atoms with E-state index in [2.05, 4.69) is 10.3 Å². The topological polar surface area (TPSA) is 71.5 Å². The first-order valence-electron chi connectivity index (χ1n) is 9.38. The van der Waals surface area contributed by atoms with Crippen LogP contribution in [0.1, 0.15) is 37.7 Å². The van der Waals surface area contributed by atoms with Crippen molar-refractivity contribution in [2.24, 2.45) is 0 Å². The van der Waals surface area contributed by atoms with Gasteiger partial charge >= 0.3 is 0 Å². The zero-order valence-corrected chi connectivity index (χ0v) is 15.4. The lowest BCUT2D eigenvalue weighted by atomic mass is 9.88. The number of fused-ring (bicyclic) bond motifs is 1. The molecule has 2 amide bonds. The van der Waals surface area contributed by atoms with Crippen LogP contribution in [0.25, 0.3) is 0 Å². The molecule has 2 heterocycles. The third kappa shape index (κ3) is 4.30. The van der Waals surface area contributed by atoms with E-state index < -0.39 is 0 Å². The quantitative estimate of drug-likeness (QED) is 0.771. The number of pyridine rings is 1. The molecule has 0 aromatic carbocycles. The van der Waals surface area contributed by atoms with Crippen molar-refractivity contribution in [3.05, 3.63) is 41.2 Å². The predicted octanol–water partition coefficient (Wildman–Crippen LogP) is 1.86. The first-order valence-corrected chi connectivity index (χ1v) is 9.38. The molecule has 1 fully saturated rings. The summed E-state index contributed by atoms with van der Waals surface area (Å²) in [5.41, 5.74) is 3.03. The number of hydrogen-bond acceptors (Lipinski definition) is 4. The van der Waals surface area contributed by atoms with Crippen LogP contribution in [0.5, 0.6) is 0 Å². The van der Waals surface area contributed by atoms with Gasteiger partial charge in [-0.25, -0.2) is 0 Å². The monoisotopic (exact) mass is 357 g/mol. The van der Waals surface area contributed by atoms with Gasteiger partial charge in [-0.1, -0.05) is 6.42 Å². The number of carbonyl (C=O) groups is 2. The maximum absolute atomic E-state index is 12.8. The number of methoxy groups -OCH3 is 1. The van der Waals surface area contributed by atoms with E-state index in [1.165, 1.54) is 5.57 Å². The fourth-order valence-corrected chi connectivity index (χ4v) is 3.90. The smallest absolute Gasteiger partial charge is 0.250 e. The molecule has 0 radical (unpaired) electrons. The molecular weight excluding hydrogens is 330 g/mol. The van der Waals surface area contributed by atoms with E-state index in [0.29, 0.717) is 25.3 Å². The minimum atomic E-state index is -0.0761. The zero-order chi connectivity index (χ0) is 18.4. The predicted molar refractivity (Wildman–Crippen MR) is 98.4 cm³/mol. The number of nitrogens with one attached hydrogen (secondary N) is 1. The number of rotatable bonds is 8. The number of aromatic nitrogens is 1. The van der Waals surface area contributed by atoms with E-state index in [4.69, 9.17) is 4.74 Å². The molecular formula is C20H27N3O3. The molecule has 26 heavy (non-hydrogen) atoms. The molecule has 1 aromatic heterocycles. The summed E-state index contributed by atoms with van der Waals surface area (Å²) in [7, 11) is 1.65. The van der Waals surface area contributed by atoms with E-state index in [9.17, 15) is 9.59 Å². The Balaban J connectivity index is 1.58. The highest BCUT2D eigenvalue weighted by Crippen LogP contribution is 2.37. The van der Waals surface area contributed by atoms with Gasteiger partial charge in [-0.3, -0.25) is 14.6 Å². The Morgan fingerprint density at radius 2 is 2.15 bits per heavy atom. The van der Waals surface area contributed by atoms with Crippen molar-refractivity contribution in [2.45, 2.75) is 44.6 Å². The second-order valence-electron chi connectivity index (χ2n) is 6.89. The zero-order valence-electron chi connectivity index (χ0n) is 15.4. The first kappa shape index (κ1) is 18.6. The van der Waals surface area contributed by atoms with E-state index in [1.54, 1.807) is 19.5 Å². The van der Waals surface area contributed by atoms with Gasteiger partial charge in [0.1, 0.15) is 0 Å². The molecule has 1 N–H and O–H groups in total. The summed E-state index contributed by atoms with van der Waals surface area (Å²) in [6.45, 7) is 1.69. The number of ether oxygens (including phenoxy) is 1. The summed E-state index contributed by atoms with van der Waals surface area (Å²) in [4.78, 5) is 31.1. The van der Waals surface area contributed by atoms with Crippen molar-refractivity contribution >= 4 is 11.8 Å². The lowest BCUT2D eigenvalue weighted by molar-refractivity contribution is -0.129. The summed E-state index contributed by atoms with van der Waals surface area (Å²) in [5, 5.41) is 2.94. The second kappa shape index (κ2) is 8.94. The summed E-state index contributed by atoms with van der Waals surface area (Å²) >= 11 is 0. The largest absolute Gasteiger partial charge is 0.383 e. The molecule has 1 aliphatic carbocycles. The van der Waals surface area contributed by atoms with E-state index >= 15 is 0 Å². The van der Waals surface area contributed by atoms with Gasteiger partial charge in [0.05, 0.1) is 19.1 Å². The molecule has 0 spiro atoms. The van der Waals surface area contributed by atoms with E-state index in [-0.39, 0.29) is 24.3 Å². The third-order valence-corrected chi connectivity index (χ3v) is 5.22. The summed E-state index contributed by atoms with van der Waals surface area (Å²) in [6.07, 6.45) is 8.61. The first-order chi connectivity index (χ1) is 12.7. The maximum atomic E-state index is 12.8. The molecule has 0 saturated heterocycles. The van der Waals surface area contributed by atoms with E-state index in [1.807, 2.05) is 17.0 Å². The SMILES string of the molecule is COCCN1C(=O)C(CC(=O)NCCc2ccncc2)=C2CCCCC21. The fourth-order valence-electron chi connectivity index (χ4n) is 3.90. The molecule has 1 aromatic rings. The van der Waals surface area contributed by atoms with Crippen LogP contribution in [0.15, 0.2) is 35.7 Å². The second-order valence-corrected chi connectivity index (χ2v) is 6.89. The van der Waals surface area contributed by atoms with Crippen molar-refractivity contribution in [3.63, 3.8) is 0 Å². The highest BCUT2D eigenvalue weighted by Gasteiger charge is 2.39. The Kier molecular flexibility index (Phi) is 6.39. The van der Waals surface area contributed by atoms with Crippen molar-refractivity contribution < 1.29 is 14.3 Å². The van der Waals surface area contributed by atoms with Crippen molar-refractivity contribution in [2.75, 3.05) is 26.8 Å². The van der Waals surface area contributed by atoms with Crippen LogP contribution < -0.4 is 5.32 Å². The molecule has 1 saturated carbocycles. The number of amides is 2. The lowest BCUT2D eigenvalue weighted by Gasteiger charge is -2.29. The average Bonchev–Trinajstić information content (AvgIpc) is 2.92. The van der Waals surface area contributed by atoms with Crippen LogP contribution in [0.2, 0.25) is 0 Å². The van der Waals surface area contributed by atoms with Gasteiger partial charge < -0.3 is 15.0 Å². The van der Waals surface area contributed by atoms with Gasteiger partial charge in [0.15, 0.2) is 0 Å². The maximum Gasteiger partial charge on any atom is 0.250 e. The minimum Gasteiger partial charge on any atom is -0.383 e. The molecule has 1 aliphatic heterocycles. The van der Waals surface area contributed by atoms with Gasteiger partial charge in [-0.2, -0.15) is 0 Å². The highest BCUT2D eigenvalue weighted by molar-refractivity contribution is 6.02. The Hall–Kier alpha value is -2.21. The van der Waals surface area contributed by atoms with Crippen LogP contribution in [0.3, 0.4) is 0 Å². The lowest BCUT2D eigenvalue weighted by Crippen LogP contribution is -2.39. The number of hydrogen-bond donors (Lipinski definition) is 1. The Labute approximate surface area is 154 Å². The number of carbonyl (C=O) groups excluding carboxylic acids is 2. The van der Waals surface area contributed by atoms with Gasteiger partial charge in [-0.05, 0) is 49.0 Å². The third-order valence-electron chi connectivity index (χ3n) is 5.22. The molecule has 1 atom stereocenters. The Bertz CT molecular complexity index is 672. The van der Waals surface area contributed by atoms with Crippen molar-refractivity contribution in [3.8, 4) is 0 Å². The normalized spacial score (nSPS) is 19.7. The van der Waals surface area contributed by atoms with Gasteiger partial charge in [0, 0.05) is 38.2 Å². The van der Waals surface area contributed by atoms with Crippen LogP contribution in [0.4, 0.5) is 0 Å². The summed E-state index contributed by atoms with van der Waals surface area (Å²) in [5.74, 6) is -0.0546. The number of nitrogens with zero attached hydrogens (tertiary/aromatic N) is 2. The van der Waals surface area contributed by atoms with Crippen LogP contribution >= 0.6 is 0 Å². The molecule has 0 bridgehead atoms. The molecule has 6 heteroatoms. The molecule has 140 valence electrons. The summed E-state index contributed by atoms with van der Waals surface area (Å²) < 4.78 is 5.15. The van der Waals surface area contributed by atoms with Crippen LogP contribution in [0, 0.1) is 0 Å². The van der Waals surface area contributed by atoms with Gasteiger partial charge in [-0.15, -0.1) is 0 Å². The standard InChI is InChI=1S/C20H27N3O3/c1-26-13-12-23-18-5-3-2-4-16(18)17(20(23)25)14-19(24)22-11-8-15-6-9-21-10-7-15/h6-7,9-10,18H,2-5,8,11-14H2,1H3,(H,22,24). The summed E-state index contributed by atoms with van der Waals surface area (Å²) in [6, 6.07) is 4.06. The van der Waals surface area contributed by atoms with E-state index in [0.717, 1.165) is 37.7 Å². The van der Waals surface area contributed by atoms with Crippen LogP contribution in [-0.2, 0) is 20.7 Å². The molecule has 2 aliphatic rings. The Morgan fingerprint density at radius 1 is 1.35 bits per heavy atom. The fraction of sp³-hybridized carbons (Fsp3) is 0.550. The van der Waals surface area contributed by atoms with Crippen molar-refractivity contribution in [1.29, 1.82) is 0 Å². The average molecular weight is 357 g/mol. The van der Waals surface area contributed by atoms with Crippen LogP contribution in [-0.4, -0.2) is 54.5 Å². The molecule has 6 nitrogen and oxygen atoms in total. The highest BCUT2D eigenvalue weighted by atomic mass is 16.5. The molecule has 3 rings (SSSR count). The van der Waals surface area contributed by atoms with Gasteiger partial charge in [0.2, 0.25) is 5.91 Å². The Morgan fingerprint density at radius 3 is 2.92 bits per heavy atom. The van der Waals surface area contributed by atoms with Gasteiger partial charge in [0.25, 0.3) is 5.91 Å². The minimum absolute atomic E-state index is 0.0215.